The maximum atomic E-state index is 15.2. The van der Waals surface area contributed by atoms with Gasteiger partial charge in [-0.25, -0.2) is 4.21 Å². The first-order chi connectivity index (χ1) is 28.4. The Balaban J connectivity index is 1.30. The number of rotatable bonds is 12. The van der Waals surface area contributed by atoms with Crippen molar-refractivity contribution in [3.63, 3.8) is 0 Å². The Morgan fingerprint density at radius 2 is 1.86 bits per heavy atom. The standard InChI is InChI=1S/C44H57ClN4O9S/c1-29-25-59(52,26-38(50)35-24-48(2)46-43(35)55-5)47-42(51)31-9-13-41-37(22-31)49(27-44(28-58-41)16-6-7-30-21-33(45)10-12-36(30)44)23-32-8-11-34(32)40(54-4)15-14-39(29)57-20-19-56-18-17-53-3/h9-10,12-15,21-22,24,29,32,34,39-40H,6-8,11,16-20,23,25-28H2,1-5H3/b15-14+/t29-,32+,34-,39+,40+,44+,59-/m1/s1. The molecule has 0 unspecified atom stereocenters. The average Bonchev–Trinajstić information content (AvgIpc) is 3.52. The van der Waals surface area contributed by atoms with E-state index in [2.05, 4.69) is 32.6 Å². The average molecular weight is 853 g/mol. The fourth-order valence-corrected chi connectivity index (χ4v) is 11.7. The highest BCUT2D eigenvalue weighted by molar-refractivity contribution is 7.94. The maximum Gasteiger partial charge on any atom is 0.285 e. The number of benzene rings is 2. The van der Waals surface area contributed by atoms with E-state index in [0.29, 0.717) is 44.6 Å². The van der Waals surface area contributed by atoms with Crippen LogP contribution in [0.1, 0.15) is 64.4 Å². The summed E-state index contributed by atoms with van der Waals surface area (Å²) in [5.41, 5.74) is 3.42. The van der Waals surface area contributed by atoms with Crippen LogP contribution in [0.3, 0.4) is 0 Å². The SMILES string of the molecule is COCCOCCO[C@H]1/C=C/[C@H](OC)[C@@H]2CC[C@H]2CN2C[C@@]3(CCCc4cc(Cl)ccc43)COc3ccc(cc32)C(=O)N=[S@](=O)(CC(=O)c2cn(C)nc2OC)C[C@H]1C. The zero-order valence-electron chi connectivity index (χ0n) is 34.7. The normalized spacial score (nSPS) is 28.7. The van der Waals surface area contributed by atoms with E-state index in [0.717, 1.165) is 49.4 Å². The van der Waals surface area contributed by atoms with Crippen LogP contribution in [-0.2, 0) is 47.6 Å². The zero-order valence-corrected chi connectivity index (χ0v) is 36.3. The van der Waals surface area contributed by atoms with Gasteiger partial charge in [0, 0.05) is 62.3 Å². The molecule has 2 bridgehead atoms. The van der Waals surface area contributed by atoms with Gasteiger partial charge < -0.3 is 33.3 Å². The summed E-state index contributed by atoms with van der Waals surface area (Å²) in [6.07, 6.45) is 9.74. The number of halogens is 1. The highest BCUT2D eigenvalue weighted by Crippen LogP contribution is 2.47. The summed E-state index contributed by atoms with van der Waals surface area (Å²) in [6, 6.07) is 11.5. The molecule has 7 rings (SSSR count). The molecule has 7 atom stereocenters. The maximum absolute atomic E-state index is 15.2. The molecule has 4 aliphatic rings. The van der Waals surface area contributed by atoms with Gasteiger partial charge in [0.1, 0.15) is 11.3 Å². The molecule has 1 fully saturated rings. The van der Waals surface area contributed by atoms with Crippen LogP contribution in [0.4, 0.5) is 5.69 Å². The van der Waals surface area contributed by atoms with Gasteiger partial charge in [0.25, 0.3) is 5.91 Å². The third-order valence-corrected chi connectivity index (χ3v) is 14.8. The topological polar surface area (TPSA) is 140 Å². The Bertz CT molecular complexity index is 2150. The molecule has 2 aliphatic heterocycles. The summed E-state index contributed by atoms with van der Waals surface area (Å²) >= 11 is 6.50. The second kappa shape index (κ2) is 18.9. The molecule has 2 aromatic carbocycles. The molecule has 1 amide bonds. The van der Waals surface area contributed by atoms with Gasteiger partial charge >= 0.3 is 0 Å². The van der Waals surface area contributed by atoms with Gasteiger partial charge in [-0.15, -0.1) is 5.10 Å². The third-order valence-electron chi connectivity index (χ3n) is 12.3. The molecule has 59 heavy (non-hydrogen) atoms. The Morgan fingerprint density at radius 1 is 1.05 bits per heavy atom. The van der Waals surface area contributed by atoms with Crippen LogP contribution in [0.5, 0.6) is 11.6 Å². The van der Waals surface area contributed by atoms with E-state index in [4.69, 9.17) is 40.0 Å². The van der Waals surface area contributed by atoms with Crippen LogP contribution >= 0.6 is 11.6 Å². The first-order valence-corrected chi connectivity index (χ1v) is 22.8. The zero-order chi connectivity index (χ0) is 41.7. The molecule has 13 nitrogen and oxygen atoms in total. The van der Waals surface area contributed by atoms with Gasteiger partial charge in [0.15, 0.2) is 5.78 Å². The molecule has 1 spiro atoms. The molecular weight excluding hydrogens is 796 g/mol. The number of carbonyl (C=O) groups excluding carboxylic acids is 2. The number of ether oxygens (including phenoxy) is 6. The first-order valence-electron chi connectivity index (χ1n) is 20.5. The predicted octanol–water partition coefficient (Wildman–Crippen LogP) is 6.34. The van der Waals surface area contributed by atoms with E-state index in [1.165, 1.54) is 29.1 Å². The van der Waals surface area contributed by atoms with Crippen LogP contribution in [0.2, 0.25) is 5.02 Å². The molecule has 2 aliphatic carbocycles. The highest BCUT2D eigenvalue weighted by atomic mass is 35.5. The first kappa shape index (κ1) is 43.3. The Hall–Kier alpha value is -3.79. The smallest absolute Gasteiger partial charge is 0.285 e. The van der Waals surface area contributed by atoms with Crippen molar-refractivity contribution in [1.82, 2.24) is 9.78 Å². The lowest BCUT2D eigenvalue weighted by molar-refractivity contribution is -0.00681. The Morgan fingerprint density at radius 3 is 2.63 bits per heavy atom. The Kier molecular flexibility index (Phi) is 13.8. The summed E-state index contributed by atoms with van der Waals surface area (Å²) in [4.78, 5) is 30.7. The summed E-state index contributed by atoms with van der Waals surface area (Å²) in [5.74, 6) is -0.875. The quantitative estimate of drug-likeness (QED) is 0.115. The monoisotopic (exact) mass is 852 g/mol. The number of hydrogen-bond acceptors (Lipinski definition) is 11. The lowest BCUT2D eigenvalue weighted by atomic mass is 9.68. The van der Waals surface area contributed by atoms with E-state index in [1.807, 2.05) is 31.2 Å². The predicted molar refractivity (Wildman–Crippen MR) is 227 cm³/mol. The summed E-state index contributed by atoms with van der Waals surface area (Å²) < 4.78 is 56.5. The number of anilines is 1. The Labute approximate surface area is 352 Å². The molecule has 0 radical (unpaired) electrons. The van der Waals surface area contributed by atoms with E-state index in [1.54, 1.807) is 27.3 Å². The van der Waals surface area contributed by atoms with Crippen LogP contribution in [0, 0.1) is 17.8 Å². The van der Waals surface area contributed by atoms with Crippen molar-refractivity contribution < 1.29 is 42.2 Å². The summed E-state index contributed by atoms with van der Waals surface area (Å²) in [7, 11) is 2.90. The van der Waals surface area contributed by atoms with Crippen molar-refractivity contribution in [2.24, 2.45) is 29.2 Å². The van der Waals surface area contributed by atoms with Crippen molar-refractivity contribution >= 4 is 38.7 Å². The van der Waals surface area contributed by atoms with Crippen molar-refractivity contribution in [2.45, 2.75) is 56.7 Å². The molecule has 0 saturated heterocycles. The number of ketones is 1. The molecule has 3 heterocycles. The minimum absolute atomic E-state index is 0.0948. The van der Waals surface area contributed by atoms with Gasteiger partial charge in [-0.05, 0) is 91.3 Å². The minimum atomic E-state index is -3.55. The van der Waals surface area contributed by atoms with E-state index in [-0.39, 0.29) is 46.8 Å². The summed E-state index contributed by atoms with van der Waals surface area (Å²) in [5, 5.41) is 4.94. The molecular formula is C44H57ClN4O9S. The molecule has 15 heteroatoms. The molecule has 1 aromatic heterocycles. The third kappa shape index (κ3) is 9.73. The van der Waals surface area contributed by atoms with Gasteiger partial charge in [0.2, 0.25) is 5.88 Å². The number of methoxy groups -OCH3 is 3. The van der Waals surface area contributed by atoms with Crippen molar-refractivity contribution in [3.8, 4) is 11.6 Å². The largest absolute Gasteiger partial charge is 0.490 e. The second-order valence-corrected chi connectivity index (χ2v) is 19.2. The molecule has 0 N–H and O–H groups in total. The number of hydrogen-bond donors (Lipinski definition) is 0. The minimum Gasteiger partial charge on any atom is -0.490 e. The second-order valence-electron chi connectivity index (χ2n) is 16.4. The lowest BCUT2D eigenvalue weighted by Crippen LogP contribution is -2.49. The van der Waals surface area contributed by atoms with Gasteiger partial charge in [-0.1, -0.05) is 36.7 Å². The number of aromatic nitrogens is 2. The fraction of sp³-hybridized carbons (Fsp3) is 0.568. The lowest BCUT2D eigenvalue weighted by Gasteiger charge is -2.46. The van der Waals surface area contributed by atoms with Crippen LogP contribution < -0.4 is 14.4 Å². The van der Waals surface area contributed by atoms with Gasteiger partial charge in [-0.2, -0.15) is 4.36 Å². The van der Waals surface area contributed by atoms with E-state index >= 15 is 4.21 Å². The number of nitrogens with zero attached hydrogens (tertiary/aromatic N) is 4. The van der Waals surface area contributed by atoms with Crippen molar-refractivity contribution in [1.29, 1.82) is 0 Å². The number of fused-ring (bicyclic) bond motifs is 4. The van der Waals surface area contributed by atoms with Crippen LogP contribution in [0.25, 0.3) is 0 Å². The molecule has 1 saturated carbocycles. The number of amides is 1. The highest BCUT2D eigenvalue weighted by Gasteiger charge is 2.44. The number of aryl methyl sites for hydroxylation is 2. The summed E-state index contributed by atoms with van der Waals surface area (Å²) in [6.45, 7) is 5.25. The van der Waals surface area contributed by atoms with Crippen LogP contribution in [0.15, 0.2) is 59.1 Å². The number of Topliss-reactive ketones (excluding diaryl/α,β-unsaturated/α-hetero) is 1. The van der Waals surface area contributed by atoms with Crippen molar-refractivity contribution in [3.05, 3.63) is 82.0 Å². The van der Waals surface area contributed by atoms with Crippen molar-refractivity contribution in [2.75, 3.05) is 83.9 Å². The van der Waals surface area contributed by atoms with Gasteiger partial charge in [-0.3, -0.25) is 14.3 Å². The van der Waals surface area contributed by atoms with Gasteiger partial charge in [0.05, 0.1) is 73.5 Å². The van der Waals surface area contributed by atoms with Crippen LogP contribution in [-0.4, -0.2) is 117 Å². The van der Waals surface area contributed by atoms with E-state index in [9.17, 15) is 9.59 Å². The fourth-order valence-electron chi connectivity index (χ4n) is 9.23. The van der Waals surface area contributed by atoms with E-state index < -0.39 is 39.2 Å². The molecule has 3 aromatic rings. The number of carbonyl (C=O) groups is 2. The molecule has 320 valence electrons.